The SMILES string of the molecule is CCN1CC2(CCC1=O)CCN(c1nncs1)CC2. The van der Waals surface area contributed by atoms with E-state index in [-0.39, 0.29) is 0 Å². The zero-order chi connectivity index (χ0) is 13.3. The molecule has 0 saturated carbocycles. The number of carbonyl (C=O) groups excluding carboxylic acids is 1. The molecule has 1 aromatic heterocycles. The molecule has 2 aliphatic heterocycles. The van der Waals surface area contributed by atoms with E-state index < -0.39 is 0 Å². The summed E-state index contributed by atoms with van der Waals surface area (Å²) >= 11 is 1.61. The van der Waals surface area contributed by atoms with Gasteiger partial charge in [0.1, 0.15) is 5.51 Å². The van der Waals surface area contributed by atoms with Gasteiger partial charge in [-0.3, -0.25) is 4.79 Å². The summed E-state index contributed by atoms with van der Waals surface area (Å²) in [7, 11) is 0. The molecule has 0 aromatic carbocycles. The summed E-state index contributed by atoms with van der Waals surface area (Å²) in [5, 5.41) is 9.09. The number of amides is 1. The number of hydrogen-bond donors (Lipinski definition) is 0. The van der Waals surface area contributed by atoms with Gasteiger partial charge in [-0.05, 0) is 31.6 Å². The standard InChI is InChI=1S/C13H20N4OS/c1-2-16-9-13(4-3-11(16)18)5-7-17(8-6-13)12-15-14-10-19-12/h10H,2-9H2,1H3. The third-order valence-electron chi connectivity index (χ3n) is 4.57. The van der Waals surface area contributed by atoms with Crippen molar-refractivity contribution in [2.45, 2.75) is 32.6 Å². The lowest BCUT2D eigenvalue weighted by molar-refractivity contribution is -0.137. The zero-order valence-corrected chi connectivity index (χ0v) is 12.2. The number of likely N-dealkylation sites (tertiary alicyclic amines) is 1. The van der Waals surface area contributed by atoms with Crippen LogP contribution in [0.4, 0.5) is 5.13 Å². The van der Waals surface area contributed by atoms with E-state index in [1.54, 1.807) is 16.8 Å². The molecule has 2 aliphatic rings. The van der Waals surface area contributed by atoms with Crippen molar-refractivity contribution in [3.8, 4) is 0 Å². The van der Waals surface area contributed by atoms with Crippen LogP contribution in [0.3, 0.4) is 0 Å². The van der Waals surface area contributed by atoms with Crippen LogP contribution >= 0.6 is 11.3 Å². The summed E-state index contributed by atoms with van der Waals surface area (Å²) in [6.45, 7) is 5.96. The van der Waals surface area contributed by atoms with Crippen LogP contribution in [0, 0.1) is 5.41 Å². The van der Waals surface area contributed by atoms with Gasteiger partial charge >= 0.3 is 0 Å². The molecule has 3 rings (SSSR count). The number of carbonyl (C=O) groups is 1. The summed E-state index contributed by atoms with van der Waals surface area (Å²) in [5.41, 5.74) is 2.14. The number of hydrogen-bond acceptors (Lipinski definition) is 5. The van der Waals surface area contributed by atoms with Crippen molar-refractivity contribution in [3.63, 3.8) is 0 Å². The van der Waals surface area contributed by atoms with E-state index >= 15 is 0 Å². The second-order valence-corrected chi connectivity index (χ2v) is 6.43. The van der Waals surface area contributed by atoms with Crippen LogP contribution in [0.5, 0.6) is 0 Å². The molecular weight excluding hydrogens is 260 g/mol. The highest BCUT2D eigenvalue weighted by atomic mass is 32.1. The summed E-state index contributed by atoms with van der Waals surface area (Å²) in [5.74, 6) is 0.333. The van der Waals surface area contributed by atoms with Gasteiger partial charge in [0.05, 0.1) is 0 Å². The van der Waals surface area contributed by atoms with Crippen LogP contribution in [-0.2, 0) is 4.79 Å². The quantitative estimate of drug-likeness (QED) is 0.828. The molecule has 0 unspecified atom stereocenters. The Bertz CT molecular complexity index is 440. The first kappa shape index (κ1) is 12.8. The van der Waals surface area contributed by atoms with Crippen molar-refractivity contribution in [2.24, 2.45) is 5.41 Å². The minimum atomic E-state index is 0.333. The average molecular weight is 280 g/mol. The van der Waals surface area contributed by atoms with E-state index in [1.165, 1.54) is 0 Å². The fraction of sp³-hybridized carbons (Fsp3) is 0.769. The lowest BCUT2D eigenvalue weighted by Gasteiger charge is -2.47. The van der Waals surface area contributed by atoms with E-state index in [4.69, 9.17) is 0 Å². The highest BCUT2D eigenvalue weighted by Gasteiger charge is 2.40. The highest BCUT2D eigenvalue weighted by molar-refractivity contribution is 7.13. The molecule has 0 aliphatic carbocycles. The van der Waals surface area contributed by atoms with E-state index in [1.807, 2.05) is 4.90 Å². The Morgan fingerprint density at radius 1 is 1.37 bits per heavy atom. The first-order chi connectivity index (χ1) is 9.22. The molecule has 0 radical (unpaired) electrons. The molecule has 2 saturated heterocycles. The van der Waals surface area contributed by atoms with E-state index in [0.29, 0.717) is 11.3 Å². The maximum Gasteiger partial charge on any atom is 0.222 e. The van der Waals surface area contributed by atoms with Crippen molar-refractivity contribution >= 4 is 22.4 Å². The van der Waals surface area contributed by atoms with E-state index in [2.05, 4.69) is 22.0 Å². The molecule has 104 valence electrons. The molecule has 0 bridgehead atoms. The van der Waals surface area contributed by atoms with Gasteiger partial charge in [0, 0.05) is 32.6 Å². The van der Waals surface area contributed by atoms with Crippen LogP contribution in [0.25, 0.3) is 0 Å². The molecule has 1 spiro atoms. The Kier molecular flexibility index (Phi) is 3.43. The molecule has 0 atom stereocenters. The molecule has 1 amide bonds. The second kappa shape index (κ2) is 5.07. The van der Waals surface area contributed by atoms with Gasteiger partial charge in [0.15, 0.2) is 0 Å². The third kappa shape index (κ3) is 2.45. The van der Waals surface area contributed by atoms with Crippen molar-refractivity contribution in [3.05, 3.63) is 5.51 Å². The lowest BCUT2D eigenvalue weighted by Crippen LogP contribution is -2.51. The predicted molar refractivity (Wildman–Crippen MR) is 75.3 cm³/mol. The Hall–Kier alpha value is -1.17. The number of anilines is 1. The Morgan fingerprint density at radius 3 is 2.79 bits per heavy atom. The van der Waals surface area contributed by atoms with Gasteiger partial charge in [-0.15, -0.1) is 10.2 Å². The topological polar surface area (TPSA) is 49.3 Å². The van der Waals surface area contributed by atoms with E-state index in [0.717, 1.165) is 57.0 Å². The first-order valence-electron chi connectivity index (χ1n) is 7.01. The smallest absolute Gasteiger partial charge is 0.222 e. The third-order valence-corrected chi connectivity index (χ3v) is 5.32. The van der Waals surface area contributed by atoms with Crippen LogP contribution < -0.4 is 4.90 Å². The van der Waals surface area contributed by atoms with Crippen LogP contribution in [-0.4, -0.2) is 47.2 Å². The molecule has 1 aromatic rings. The Labute approximate surface area is 117 Å². The summed E-state index contributed by atoms with van der Waals surface area (Å²) in [4.78, 5) is 16.2. The monoisotopic (exact) mass is 280 g/mol. The number of nitrogens with zero attached hydrogens (tertiary/aromatic N) is 4. The fourth-order valence-electron chi connectivity index (χ4n) is 3.28. The van der Waals surface area contributed by atoms with Gasteiger partial charge in [0.25, 0.3) is 0 Å². The van der Waals surface area contributed by atoms with Crippen molar-refractivity contribution in [1.82, 2.24) is 15.1 Å². The van der Waals surface area contributed by atoms with Gasteiger partial charge in [-0.2, -0.15) is 0 Å². The Balaban J connectivity index is 1.64. The minimum Gasteiger partial charge on any atom is -0.347 e. The average Bonchev–Trinajstić information content (AvgIpc) is 2.97. The van der Waals surface area contributed by atoms with Crippen LogP contribution in [0.15, 0.2) is 5.51 Å². The first-order valence-corrected chi connectivity index (χ1v) is 7.89. The molecule has 2 fully saturated rings. The zero-order valence-electron chi connectivity index (χ0n) is 11.3. The normalized spacial score (nSPS) is 23.1. The largest absolute Gasteiger partial charge is 0.347 e. The molecule has 3 heterocycles. The van der Waals surface area contributed by atoms with Crippen LogP contribution in [0.2, 0.25) is 0 Å². The maximum absolute atomic E-state index is 11.8. The predicted octanol–water partition coefficient (Wildman–Crippen LogP) is 1.77. The maximum atomic E-state index is 11.8. The van der Waals surface area contributed by atoms with Gasteiger partial charge in [-0.1, -0.05) is 11.3 Å². The molecule has 5 nitrogen and oxygen atoms in total. The van der Waals surface area contributed by atoms with E-state index in [9.17, 15) is 4.79 Å². The fourth-order valence-corrected chi connectivity index (χ4v) is 3.89. The molecule has 19 heavy (non-hydrogen) atoms. The lowest BCUT2D eigenvalue weighted by atomic mass is 9.72. The molecule has 0 N–H and O–H groups in total. The van der Waals surface area contributed by atoms with Gasteiger partial charge < -0.3 is 9.80 Å². The molecule has 6 heteroatoms. The summed E-state index contributed by atoms with van der Waals surface area (Å²) in [6, 6.07) is 0. The summed E-state index contributed by atoms with van der Waals surface area (Å²) in [6.07, 6.45) is 4.12. The highest BCUT2D eigenvalue weighted by Crippen LogP contribution is 2.41. The van der Waals surface area contributed by atoms with Crippen LogP contribution in [0.1, 0.15) is 32.6 Å². The molecular formula is C13H20N4OS. The van der Waals surface area contributed by atoms with Crippen molar-refractivity contribution < 1.29 is 4.79 Å². The Morgan fingerprint density at radius 2 is 2.16 bits per heavy atom. The summed E-state index contributed by atoms with van der Waals surface area (Å²) < 4.78 is 0. The number of rotatable bonds is 2. The second-order valence-electron chi connectivity index (χ2n) is 5.62. The number of piperidine rings is 2. The minimum absolute atomic E-state index is 0.333. The van der Waals surface area contributed by atoms with Gasteiger partial charge in [0.2, 0.25) is 11.0 Å². The number of aromatic nitrogens is 2. The van der Waals surface area contributed by atoms with Crippen molar-refractivity contribution in [2.75, 3.05) is 31.1 Å². The van der Waals surface area contributed by atoms with Crippen molar-refractivity contribution in [1.29, 1.82) is 0 Å². The van der Waals surface area contributed by atoms with Gasteiger partial charge in [-0.25, -0.2) is 0 Å².